The van der Waals surface area contributed by atoms with Crippen LogP contribution in [0.4, 0.5) is 21.9 Å². The summed E-state index contributed by atoms with van der Waals surface area (Å²) < 4.78 is 10.1. The van der Waals surface area contributed by atoms with Crippen molar-refractivity contribution in [3.63, 3.8) is 0 Å². The summed E-state index contributed by atoms with van der Waals surface area (Å²) in [5.41, 5.74) is 1.36. The highest BCUT2D eigenvalue weighted by Gasteiger charge is 2.39. The topological polar surface area (TPSA) is 170 Å². The SMILES string of the molecule is COC(=O)c1ccc(C(=O)N[C@@H]2N=C(c3ccccc3)c3cc([N+](=O)[O-])cc4c3N(CC4)C2=O)c(NC(=O)OC(C)(C)C)c1. The van der Waals surface area contributed by atoms with Gasteiger partial charge in [0.2, 0.25) is 6.17 Å². The van der Waals surface area contributed by atoms with Crippen molar-refractivity contribution in [1.29, 1.82) is 0 Å². The zero-order chi connectivity index (χ0) is 31.8. The van der Waals surface area contributed by atoms with E-state index < -0.39 is 40.6 Å². The summed E-state index contributed by atoms with van der Waals surface area (Å²) in [5.74, 6) is -2.01. The number of carbonyl (C=O) groups is 4. The molecule has 0 aromatic heterocycles. The maximum absolute atomic E-state index is 13.9. The van der Waals surface area contributed by atoms with Crippen LogP contribution >= 0.6 is 0 Å². The number of nitro benzene ring substituents is 1. The first-order chi connectivity index (χ1) is 20.9. The maximum Gasteiger partial charge on any atom is 0.412 e. The normalized spacial score (nSPS) is 15.5. The van der Waals surface area contributed by atoms with Crippen LogP contribution in [0, 0.1) is 10.1 Å². The molecule has 13 heteroatoms. The average Bonchev–Trinajstić information content (AvgIpc) is 3.37. The number of carbonyl (C=O) groups excluding carboxylic acids is 4. The van der Waals surface area contributed by atoms with Gasteiger partial charge in [-0.3, -0.25) is 25.0 Å². The van der Waals surface area contributed by atoms with E-state index in [2.05, 4.69) is 15.6 Å². The van der Waals surface area contributed by atoms with Crippen LogP contribution < -0.4 is 15.5 Å². The number of hydrogen-bond acceptors (Lipinski definition) is 9. The summed E-state index contributed by atoms with van der Waals surface area (Å²) in [6.45, 7) is 5.25. The van der Waals surface area contributed by atoms with Gasteiger partial charge in [0, 0.05) is 29.8 Å². The number of ether oxygens (including phenoxy) is 2. The van der Waals surface area contributed by atoms with Gasteiger partial charge in [0.15, 0.2) is 0 Å². The van der Waals surface area contributed by atoms with Crippen molar-refractivity contribution in [3.8, 4) is 0 Å². The molecule has 2 aliphatic heterocycles. The number of hydrogen-bond donors (Lipinski definition) is 2. The molecule has 0 saturated heterocycles. The molecule has 0 radical (unpaired) electrons. The van der Waals surface area contributed by atoms with Crippen LogP contribution in [0.15, 0.2) is 65.7 Å². The van der Waals surface area contributed by atoms with E-state index in [0.717, 1.165) is 0 Å². The molecule has 2 N–H and O–H groups in total. The van der Waals surface area contributed by atoms with Crippen LogP contribution in [0.1, 0.15) is 58.2 Å². The monoisotopic (exact) mass is 599 g/mol. The maximum atomic E-state index is 13.9. The zero-order valence-corrected chi connectivity index (χ0v) is 24.4. The number of esters is 1. The Morgan fingerprint density at radius 2 is 1.80 bits per heavy atom. The lowest BCUT2D eigenvalue weighted by molar-refractivity contribution is -0.384. The second-order valence-corrected chi connectivity index (χ2v) is 11.1. The molecule has 13 nitrogen and oxygen atoms in total. The molecule has 2 aliphatic rings. The largest absolute Gasteiger partial charge is 0.465 e. The molecule has 3 amide bonds. The third-order valence-corrected chi connectivity index (χ3v) is 6.91. The number of rotatable bonds is 6. The molecule has 0 unspecified atom stereocenters. The first kappa shape index (κ1) is 29.9. The molecule has 0 bridgehead atoms. The lowest BCUT2D eigenvalue weighted by atomic mass is 9.97. The van der Waals surface area contributed by atoms with E-state index in [1.165, 1.54) is 42.3 Å². The van der Waals surface area contributed by atoms with Gasteiger partial charge in [-0.05, 0) is 51.0 Å². The van der Waals surface area contributed by atoms with Gasteiger partial charge in [0.1, 0.15) is 5.60 Å². The van der Waals surface area contributed by atoms with Gasteiger partial charge in [0.05, 0.1) is 40.2 Å². The van der Waals surface area contributed by atoms with E-state index in [-0.39, 0.29) is 29.0 Å². The molecule has 226 valence electrons. The standard InChI is InChI=1S/C31H29N5O8/c1-31(2,3)44-30(40)32-23-15-19(29(39)43-4)10-11-21(23)27(37)34-26-28(38)35-13-12-18-14-20(36(41)42)16-22(25(18)35)24(33-26)17-8-6-5-7-9-17/h5-11,14-16,26H,12-13H2,1-4H3,(H,32,40)(H,34,37)/t26-/m0/s1. The predicted octanol–water partition coefficient (Wildman–Crippen LogP) is 4.22. The van der Waals surface area contributed by atoms with Crippen molar-refractivity contribution in [2.24, 2.45) is 4.99 Å². The summed E-state index contributed by atoms with van der Waals surface area (Å²) >= 11 is 0. The zero-order valence-electron chi connectivity index (χ0n) is 24.4. The lowest BCUT2D eigenvalue weighted by Crippen LogP contribution is -2.47. The predicted molar refractivity (Wildman–Crippen MR) is 160 cm³/mol. The highest BCUT2D eigenvalue weighted by molar-refractivity contribution is 6.21. The first-order valence-corrected chi connectivity index (χ1v) is 13.7. The molecule has 0 fully saturated rings. The Hall–Kier alpha value is -5.59. The van der Waals surface area contributed by atoms with Gasteiger partial charge < -0.3 is 19.7 Å². The van der Waals surface area contributed by atoms with Crippen molar-refractivity contribution < 1.29 is 33.6 Å². The molecule has 0 saturated carbocycles. The Morgan fingerprint density at radius 3 is 2.45 bits per heavy atom. The Morgan fingerprint density at radius 1 is 1.07 bits per heavy atom. The average molecular weight is 600 g/mol. The highest BCUT2D eigenvalue weighted by atomic mass is 16.6. The van der Waals surface area contributed by atoms with Crippen LogP contribution in [0.25, 0.3) is 0 Å². The van der Waals surface area contributed by atoms with Gasteiger partial charge in [-0.2, -0.15) is 0 Å². The van der Waals surface area contributed by atoms with Crippen molar-refractivity contribution in [3.05, 3.63) is 98.6 Å². The van der Waals surface area contributed by atoms with Gasteiger partial charge >= 0.3 is 12.1 Å². The molecule has 3 aromatic rings. The van der Waals surface area contributed by atoms with E-state index in [1.54, 1.807) is 51.1 Å². The summed E-state index contributed by atoms with van der Waals surface area (Å²) in [6, 6.07) is 15.6. The molecule has 2 heterocycles. The van der Waals surface area contributed by atoms with E-state index in [0.29, 0.717) is 34.5 Å². The third kappa shape index (κ3) is 5.98. The number of aliphatic imine (C=N–C) groups is 1. The first-order valence-electron chi connectivity index (χ1n) is 13.7. The number of anilines is 2. The van der Waals surface area contributed by atoms with Crippen molar-refractivity contribution in [1.82, 2.24) is 5.32 Å². The smallest absolute Gasteiger partial charge is 0.412 e. The van der Waals surface area contributed by atoms with Gasteiger partial charge in [-0.25, -0.2) is 14.6 Å². The summed E-state index contributed by atoms with van der Waals surface area (Å²) in [5, 5.41) is 16.9. The van der Waals surface area contributed by atoms with Crippen LogP contribution in [0.3, 0.4) is 0 Å². The van der Waals surface area contributed by atoms with E-state index in [1.807, 2.05) is 0 Å². The fraction of sp³-hybridized carbons (Fsp3) is 0.258. The molecular weight excluding hydrogens is 570 g/mol. The Kier molecular flexibility index (Phi) is 7.87. The van der Waals surface area contributed by atoms with Crippen molar-refractivity contribution in [2.45, 2.75) is 39.0 Å². The van der Waals surface area contributed by atoms with Crippen LogP contribution in [-0.2, 0) is 20.7 Å². The highest BCUT2D eigenvalue weighted by Crippen LogP contribution is 2.39. The second kappa shape index (κ2) is 11.6. The van der Waals surface area contributed by atoms with E-state index >= 15 is 0 Å². The molecule has 5 rings (SSSR count). The van der Waals surface area contributed by atoms with Crippen molar-refractivity contribution >= 4 is 46.7 Å². The van der Waals surface area contributed by atoms with Crippen LogP contribution in [-0.4, -0.2) is 59.9 Å². The molecule has 0 spiro atoms. The van der Waals surface area contributed by atoms with Gasteiger partial charge in [0.25, 0.3) is 17.5 Å². The molecule has 1 atom stereocenters. The van der Waals surface area contributed by atoms with E-state index in [9.17, 15) is 29.3 Å². The molecule has 3 aromatic carbocycles. The fourth-order valence-electron chi connectivity index (χ4n) is 5.06. The summed E-state index contributed by atoms with van der Waals surface area (Å²) in [6.07, 6.45) is -1.91. The minimum absolute atomic E-state index is 0.0599. The summed E-state index contributed by atoms with van der Waals surface area (Å²) in [7, 11) is 1.19. The molecule has 0 aliphatic carbocycles. The quantitative estimate of drug-likeness (QED) is 0.241. The van der Waals surface area contributed by atoms with Crippen molar-refractivity contribution in [2.75, 3.05) is 23.9 Å². The summed E-state index contributed by atoms with van der Waals surface area (Å²) in [4.78, 5) is 69.8. The lowest BCUT2D eigenvalue weighted by Gasteiger charge is -2.22. The third-order valence-electron chi connectivity index (χ3n) is 6.91. The molecular formula is C31H29N5O8. The fourth-order valence-corrected chi connectivity index (χ4v) is 5.06. The van der Waals surface area contributed by atoms with Gasteiger partial charge in [-0.15, -0.1) is 0 Å². The van der Waals surface area contributed by atoms with Crippen LogP contribution in [0.5, 0.6) is 0 Å². The van der Waals surface area contributed by atoms with Crippen LogP contribution in [0.2, 0.25) is 0 Å². The Balaban J connectivity index is 1.57. The number of nitrogens with zero attached hydrogens (tertiary/aromatic N) is 3. The second-order valence-electron chi connectivity index (χ2n) is 11.1. The minimum atomic E-state index is -1.43. The number of methoxy groups -OCH3 is 1. The number of non-ortho nitro benzene ring substituents is 1. The number of benzene rings is 3. The van der Waals surface area contributed by atoms with Gasteiger partial charge in [-0.1, -0.05) is 30.3 Å². The Bertz CT molecular complexity index is 1730. The number of nitro groups is 1. The minimum Gasteiger partial charge on any atom is -0.465 e. The Labute approximate surface area is 252 Å². The van der Waals surface area contributed by atoms with E-state index in [4.69, 9.17) is 9.47 Å². The molecule has 44 heavy (non-hydrogen) atoms. The number of amides is 3. The number of nitrogens with one attached hydrogen (secondary N) is 2.